The molecule has 31 heavy (non-hydrogen) atoms. The summed E-state index contributed by atoms with van der Waals surface area (Å²) >= 11 is 0. The molecule has 1 fully saturated rings. The van der Waals surface area contributed by atoms with Gasteiger partial charge < -0.3 is 20.1 Å². The van der Waals surface area contributed by atoms with Crippen molar-refractivity contribution < 1.29 is 35.9 Å². The van der Waals surface area contributed by atoms with Crippen molar-refractivity contribution in [3.8, 4) is 5.75 Å². The third-order valence-electron chi connectivity index (χ3n) is 4.47. The van der Waals surface area contributed by atoms with Crippen LogP contribution in [0.15, 0.2) is 47.4 Å². The lowest BCUT2D eigenvalue weighted by Gasteiger charge is -2.25. The van der Waals surface area contributed by atoms with E-state index in [2.05, 4.69) is 10.6 Å². The Labute approximate surface area is 177 Å². The highest BCUT2D eigenvalue weighted by molar-refractivity contribution is 7.91. The first-order valence-corrected chi connectivity index (χ1v) is 11.1. The van der Waals surface area contributed by atoms with Gasteiger partial charge >= 0.3 is 12.2 Å². The van der Waals surface area contributed by atoms with Crippen molar-refractivity contribution in [2.45, 2.75) is 18.0 Å². The molecule has 0 spiro atoms. The number of carbonyl (C=O) groups excluding carboxylic acids is 1. The van der Waals surface area contributed by atoms with Crippen molar-refractivity contribution in [3.05, 3.63) is 48.0 Å². The van der Waals surface area contributed by atoms with E-state index in [1.165, 1.54) is 30.3 Å². The number of urea groups is 1. The molecule has 1 saturated heterocycles. The molecule has 0 atom stereocenters. The standard InChI is InChI=1S/C20H21F3N2O5S/c1-2-30-18-7-6-16(31(27,28)12-13-10-29-11-13)9-17(18)25-19(26)24-15-5-3-4-14(8-15)20(21,22)23/h3-9,13H,2,10-12H2,1H3,(H2,24,25,26). The Morgan fingerprint density at radius 1 is 1.16 bits per heavy atom. The normalized spacial score (nSPS) is 14.6. The van der Waals surface area contributed by atoms with E-state index in [1.54, 1.807) is 6.92 Å². The Bertz CT molecular complexity index is 1050. The number of sulfone groups is 1. The molecule has 2 aromatic carbocycles. The average molecular weight is 458 g/mol. The van der Waals surface area contributed by atoms with Crippen LogP contribution in [0.1, 0.15) is 12.5 Å². The zero-order valence-corrected chi connectivity index (χ0v) is 17.3. The van der Waals surface area contributed by atoms with Crippen molar-refractivity contribution in [2.75, 3.05) is 36.2 Å². The molecule has 1 aliphatic rings. The second-order valence-corrected chi connectivity index (χ2v) is 8.97. The molecule has 0 saturated carbocycles. The van der Waals surface area contributed by atoms with Crippen molar-refractivity contribution in [2.24, 2.45) is 5.92 Å². The molecule has 11 heteroatoms. The molecule has 0 aliphatic carbocycles. The molecular weight excluding hydrogens is 437 g/mol. The van der Waals surface area contributed by atoms with Crippen molar-refractivity contribution >= 4 is 27.2 Å². The summed E-state index contributed by atoms with van der Waals surface area (Å²) in [4.78, 5) is 12.4. The predicted octanol–water partition coefficient (Wildman–Crippen LogP) is 4.17. The molecule has 2 aromatic rings. The van der Waals surface area contributed by atoms with Crippen molar-refractivity contribution in [1.82, 2.24) is 0 Å². The maximum absolute atomic E-state index is 12.9. The first kappa shape index (κ1) is 22.9. The number of nitrogens with one attached hydrogen (secondary N) is 2. The molecule has 0 radical (unpaired) electrons. The molecule has 7 nitrogen and oxygen atoms in total. The molecule has 2 amide bonds. The van der Waals surface area contributed by atoms with Gasteiger partial charge in [-0.3, -0.25) is 0 Å². The maximum atomic E-state index is 12.9. The quantitative estimate of drug-likeness (QED) is 0.650. The third kappa shape index (κ3) is 5.88. The largest absolute Gasteiger partial charge is 0.492 e. The highest BCUT2D eigenvalue weighted by Gasteiger charge is 2.30. The summed E-state index contributed by atoms with van der Waals surface area (Å²) in [6, 6.07) is 7.39. The molecule has 0 aromatic heterocycles. The van der Waals surface area contributed by atoms with Gasteiger partial charge in [-0.1, -0.05) is 6.07 Å². The van der Waals surface area contributed by atoms with Gasteiger partial charge in [0.15, 0.2) is 9.84 Å². The van der Waals surface area contributed by atoms with E-state index in [-0.39, 0.29) is 40.3 Å². The van der Waals surface area contributed by atoms with Gasteiger partial charge in [0.25, 0.3) is 0 Å². The molecule has 0 bridgehead atoms. The Morgan fingerprint density at radius 3 is 2.52 bits per heavy atom. The van der Waals surface area contributed by atoms with E-state index in [4.69, 9.17) is 9.47 Å². The van der Waals surface area contributed by atoms with E-state index >= 15 is 0 Å². The number of carbonyl (C=O) groups is 1. The zero-order chi connectivity index (χ0) is 22.6. The SMILES string of the molecule is CCOc1ccc(S(=O)(=O)CC2COC2)cc1NC(=O)Nc1cccc(C(F)(F)F)c1. The van der Waals surface area contributed by atoms with Gasteiger partial charge in [0, 0.05) is 11.6 Å². The van der Waals surface area contributed by atoms with E-state index in [0.29, 0.717) is 13.2 Å². The number of benzene rings is 2. The Morgan fingerprint density at radius 2 is 1.90 bits per heavy atom. The topological polar surface area (TPSA) is 93.7 Å². The summed E-state index contributed by atoms with van der Waals surface area (Å²) in [6.45, 7) is 2.73. The van der Waals surface area contributed by atoms with Crippen LogP contribution < -0.4 is 15.4 Å². The first-order chi connectivity index (χ1) is 14.6. The number of ether oxygens (including phenoxy) is 2. The predicted molar refractivity (Wildman–Crippen MR) is 108 cm³/mol. The van der Waals surface area contributed by atoms with Gasteiger partial charge in [-0.2, -0.15) is 13.2 Å². The van der Waals surface area contributed by atoms with Crippen LogP contribution in [-0.4, -0.2) is 40.0 Å². The van der Waals surface area contributed by atoms with E-state index in [0.717, 1.165) is 12.1 Å². The lowest BCUT2D eigenvalue weighted by molar-refractivity contribution is -0.137. The van der Waals surface area contributed by atoms with Crippen LogP contribution in [0.25, 0.3) is 0 Å². The molecule has 3 rings (SSSR count). The summed E-state index contributed by atoms with van der Waals surface area (Å²) in [5.41, 5.74) is -0.898. The summed E-state index contributed by atoms with van der Waals surface area (Å²) in [5, 5.41) is 4.76. The number of amides is 2. The van der Waals surface area contributed by atoms with Crippen LogP contribution in [0, 0.1) is 5.92 Å². The highest BCUT2D eigenvalue weighted by atomic mass is 32.2. The van der Waals surface area contributed by atoms with Crippen LogP contribution in [0.2, 0.25) is 0 Å². The van der Waals surface area contributed by atoms with Crippen LogP contribution in [0.5, 0.6) is 5.75 Å². The van der Waals surface area contributed by atoms with Crippen molar-refractivity contribution in [1.29, 1.82) is 0 Å². The molecule has 1 aliphatic heterocycles. The lowest BCUT2D eigenvalue weighted by Crippen LogP contribution is -2.33. The number of hydrogen-bond acceptors (Lipinski definition) is 5. The number of halogens is 3. The first-order valence-electron chi connectivity index (χ1n) is 9.41. The summed E-state index contributed by atoms with van der Waals surface area (Å²) in [6.07, 6.45) is -4.55. The van der Waals surface area contributed by atoms with Crippen LogP contribution in [-0.2, 0) is 20.8 Å². The van der Waals surface area contributed by atoms with Crippen molar-refractivity contribution in [3.63, 3.8) is 0 Å². The van der Waals surface area contributed by atoms with E-state index in [9.17, 15) is 26.4 Å². The molecule has 168 valence electrons. The number of anilines is 2. The fourth-order valence-electron chi connectivity index (χ4n) is 2.93. The molecule has 2 N–H and O–H groups in total. The second-order valence-electron chi connectivity index (χ2n) is 6.93. The van der Waals surface area contributed by atoms with Crippen LogP contribution in [0.3, 0.4) is 0 Å². The maximum Gasteiger partial charge on any atom is 0.416 e. The lowest BCUT2D eigenvalue weighted by atomic mass is 10.1. The third-order valence-corrected chi connectivity index (χ3v) is 6.35. The minimum absolute atomic E-state index is 0.00257. The number of hydrogen-bond donors (Lipinski definition) is 2. The monoisotopic (exact) mass is 458 g/mol. The Kier molecular flexibility index (Phi) is 6.75. The van der Waals surface area contributed by atoms with Gasteiger partial charge in [-0.05, 0) is 43.3 Å². The Hall–Kier alpha value is -2.79. The van der Waals surface area contributed by atoms with Gasteiger partial charge in [-0.25, -0.2) is 13.2 Å². The molecule has 1 heterocycles. The van der Waals surface area contributed by atoms with E-state index < -0.39 is 27.6 Å². The smallest absolute Gasteiger partial charge is 0.416 e. The van der Waals surface area contributed by atoms with Gasteiger partial charge in [-0.15, -0.1) is 0 Å². The minimum atomic E-state index is -4.55. The highest BCUT2D eigenvalue weighted by Crippen LogP contribution is 2.32. The Balaban J connectivity index is 1.79. The van der Waals surface area contributed by atoms with Crippen LogP contribution in [0.4, 0.5) is 29.3 Å². The zero-order valence-electron chi connectivity index (χ0n) is 16.5. The van der Waals surface area contributed by atoms with Gasteiger partial charge in [0.2, 0.25) is 0 Å². The van der Waals surface area contributed by atoms with Gasteiger partial charge in [0.1, 0.15) is 5.75 Å². The second kappa shape index (κ2) is 9.15. The summed E-state index contributed by atoms with van der Waals surface area (Å²) in [7, 11) is -3.62. The van der Waals surface area contributed by atoms with E-state index in [1.807, 2.05) is 0 Å². The fourth-order valence-corrected chi connectivity index (χ4v) is 4.51. The number of rotatable bonds is 7. The minimum Gasteiger partial charge on any atom is -0.492 e. The summed E-state index contributed by atoms with van der Waals surface area (Å²) < 4.78 is 74.3. The number of alkyl halides is 3. The molecule has 0 unspecified atom stereocenters. The molecular formula is C20H21F3N2O5S. The summed E-state index contributed by atoms with van der Waals surface area (Å²) in [5.74, 6) is 0.0569. The average Bonchev–Trinajstić information content (AvgIpc) is 2.66. The fraction of sp³-hybridized carbons (Fsp3) is 0.350. The van der Waals surface area contributed by atoms with Crippen LogP contribution >= 0.6 is 0 Å². The van der Waals surface area contributed by atoms with Gasteiger partial charge in [0.05, 0.1) is 41.7 Å².